The third-order valence-corrected chi connectivity index (χ3v) is 13.7. The molecule has 0 heterocycles. The van der Waals surface area contributed by atoms with E-state index in [2.05, 4.69) is 19.2 Å². The van der Waals surface area contributed by atoms with Gasteiger partial charge in [0.2, 0.25) is 5.91 Å². The summed E-state index contributed by atoms with van der Waals surface area (Å²) >= 11 is 0. The molecular weight excluding hydrogens is 779 g/mol. The van der Waals surface area contributed by atoms with Crippen LogP contribution in [-0.4, -0.2) is 47.4 Å². The van der Waals surface area contributed by atoms with Gasteiger partial charge in [-0.2, -0.15) is 0 Å². The Morgan fingerprint density at radius 2 is 0.651 bits per heavy atom. The standard InChI is InChI=1S/C57H113NO5/c1-3-5-7-9-11-13-15-16-17-18-19-20-21-22-23-26-30-33-37-41-45-49-55(60)54(53-59)58-56(61)50-46-42-38-34-31-27-24-25-28-32-36-40-44-48-52-63-57(62)51-47-43-39-35-29-14-12-10-8-6-4-2/h54-55,59-60H,3-53H2,1-2H3,(H,58,61). The Morgan fingerprint density at radius 1 is 0.381 bits per heavy atom. The Balaban J connectivity index is 3.43. The van der Waals surface area contributed by atoms with E-state index >= 15 is 0 Å². The molecule has 0 aliphatic carbocycles. The van der Waals surface area contributed by atoms with E-state index in [4.69, 9.17) is 4.74 Å². The number of carbonyl (C=O) groups excluding carboxylic acids is 2. The van der Waals surface area contributed by atoms with Gasteiger partial charge in [-0.15, -0.1) is 0 Å². The van der Waals surface area contributed by atoms with Crippen LogP contribution in [0.3, 0.4) is 0 Å². The number of nitrogens with one attached hydrogen (secondary N) is 1. The van der Waals surface area contributed by atoms with Gasteiger partial charge in [0.15, 0.2) is 0 Å². The van der Waals surface area contributed by atoms with Gasteiger partial charge in [0.1, 0.15) is 0 Å². The van der Waals surface area contributed by atoms with Crippen molar-refractivity contribution in [3.05, 3.63) is 0 Å². The first kappa shape index (κ1) is 61.9. The van der Waals surface area contributed by atoms with Gasteiger partial charge < -0.3 is 20.3 Å². The van der Waals surface area contributed by atoms with Gasteiger partial charge in [0.25, 0.3) is 0 Å². The molecule has 376 valence electrons. The van der Waals surface area contributed by atoms with Crippen molar-refractivity contribution in [1.29, 1.82) is 0 Å². The van der Waals surface area contributed by atoms with Crippen LogP contribution in [0.15, 0.2) is 0 Å². The summed E-state index contributed by atoms with van der Waals surface area (Å²) in [6.45, 7) is 4.95. The van der Waals surface area contributed by atoms with Gasteiger partial charge in [-0.25, -0.2) is 0 Å². The van der Waals surface area contributed by atoms with Crippen LogP contribution >= 0.6 is 0 Å². The molecular formula is C57H113NO5. The maximum atomic E-state index is 12.5. The van der Waals surface area contributed by atoms with Crippen LogP contribution in [0.4, 0.5) is 0 Å². The molecule has 6 heteroatoms. The number of esters is 1. The highest BCUT2D eigenvalue weighted by Gasteiger charge is 2.20. The topological polar surface area (TPSA) is 95.9 Å². The van der Waals surface area contributed by atoms with Crippen LogP contribution in [-0.2, 0) is 14.3 Å². The van der Waals surface area contributed by atoms with Gasteiger partial charge in [0.05, 0.1) is 25.4 Å². The number of hydrogen-bond donors (Lipinski definition) is 3. The van der Waals surface area contributed by atoms with Crippen LogP contribution in [0.2, 0.25) is 0 Å². The Kier molecular flexibility index (Phi) is 52.5. The van der Waals surface area contributed by atoms with Crippen molar-refractivity contribution in [1.82, 2.24) is 5.32 Å². The molecule has 0 spiro atoms. The molecule has 0 bridgehead atoms. The van der Waals surface area contributed by atoms with E-state index in [9.17, 15) is 19.8 Å². The van der Waals surface area contributed by atoms with E-state index in [1.807, 2.05) is 0 Å². The maximum absolute atomic E-state index is 12.5. The molecule has 0 aliphatic rings. The zero-order valence-corrected chi connectivity index (χ0v) is 42.8. The molecule has 0 saturated carbocycles. The van der Waals surface area contributed by atoms with Crippen LogP contribution in [0, 0.1) is 0 Å². The molecule has 0 fully saturated rings. The summed E-state index contributed by atoms with van der Waals surface area (Å²) in [5.74, 6) is -0.0426. The van der Waals surface area contributed by atoms with E-state index < -0.39 is 12.1 Å². The van der Waals surface area contributed by atoms with Crippen molar-refractivity contribution in [2.24, 2.45) is 0 Å². The third kappa shape index (κ3) is 50.1. The van der Waals surface area contributed by atoms with Crippen LogP contribution in [0.1, 0.15) is 328 Å². The van der Waals surface area contributed by atoms with Crippen molar-refractivity contribution in [2.45, 2.75) is 341 Å². The van der Waals surface area contributed by atoms with Crippen LogP contribution in [0.5, 0.6) is 0 Å². The predicted molar refractivity (Wildman–Crippen MR) is 274 cm³/mol. The normalized spacial score (nSPS) is 12.5. The van der Waals surface area contributed by atoms with Crippen LogP contribution in [0.25, 0.3) is 0 Å². The fourth-order valence-corrected chi connectivity index (χ4v) is 9.23. The number of hydrogen-bond acceptors (Lipinski definition) is 5. The fraction of sp³-hybridized carbons (Fsp3) is 0.965. The van der Waals surface area contributed by atoms with Gasteiger partial charge in [-0.1, -0.05) is 290 Å². The second kappa shape index (κ2) is 53.5. The van der Waals surface area contributed by atoms with E-state index in [0.717, 1.165) is 51.4 Å². The molecule has 0 radical (unpaired) electrons. The molecule has 0 aromatic carbocycles. The van der Waals surface area contributed by atoms with Gasteiger partial charge in [-0.3, -0.25) is 9.59 Å². The Labute approximate surface area is 394 Å². The first-order valence-corrected chi connectivity index (χ1v) is 28.8. The molecule has 3 N–H and O–H groups in total. The molecule has 2 unspecified atom stereocenters. The second-order valence-electron chi connectivity index (χ2n) is 20.0. The van der Waals surface area contributed by atoms with E-state index in [-0.39, 0.29) is 18.5 Å². The summed E-state index contributed by atoms with van der Waals surface area (Å²) in [5, 5.41) is 23.3. The lowest BCUT2D eigenvalue weighted by Gasteiger charge is -2.22. The fourth-order valence-electron chi connectivity index (χ4n) is 9.23. The smallest absolute Gasteiger partial charge is 0.305 e. The molecule has 1 amide bonds. The first-order valence-electron chi connectivity index (χ1n) is 28.8. The van der Waals surface area contributed by atoms with E-state index in [1.165, 1.54) is 244 Å². The minimum atomic E-state index is -0.670. The lowest BCUT2D eigenvalue weighted by atomic mass is 10.0. The highest BCUT2D eigenvalue weighted by molar-refractivity contribution is 5.76. The Bertz CT molecular complexity index is 898. The summed E-state index contributed by atoms with van der Waals surface area (Å²) in [4.78, 5) is 24.5. The number of unbranched alkanes of at least 4 members (excludes halogenated alkanes) is 43. The lowest BCUT2D eigenvalue weighted by Crippen LogP contribution is -2.45. The zero-order chi connectivity index (χ0) is 45.8. The molecule has 0 aromatic heterocycles. The molecule has 0 aromatic rings. The average Bonchev–Trinajstić information content (AvgIpc) is 3.28. The summed E-state index contributed by atoms with van der Waals surface area (Å²) in [6, 6.07) is -0.548. The third-order valence-electron chi connectivity index (χ3n) is 13.7. The summed E-state index contributed by atoms with van der Waals surface area (Å²) < 4.78 is 5.45. The molecule has 0 aliphatic heterocycles. The largest absolute Gasteiger partial charge is 0.466 e. The van der Waals surface area contributed by atoms with Crippen molar-refractivity contribution < 1.29 is 24.5 Å². The lowest BCUT2D eigenvalue weighted by molar-refractivity contribution is -0.143. The average molecular weight is 893 g/mol. The number of carbonyl (C=O) groups is 2. The highest BCUT2D eigenvalue weighted by atomic mass is 16.5. The molecule has 6 nitrogen and oxygen atoms in total. The second-order valence-corrected chi connectivity index (χ2v) is 20.0. The minimum absolute atomic E-state index is 0.00125. The number of rotatable bonds is 54. The summed E-state index contributed by atoms with van der Waals surface area (Å²) in [5.41, 5.74) is 0. The highest BCUT2D eigenvalue weighted by Crippen LogP contribution is 2.18. The van der Waals surface area contributed by atoms with E-state index in [1.54, 1.807) is 0 Å². The van der Waals surface area contributed by atoms with E-state index in [0.29, 0.717) is 25.9 Å². The minimum Gasteiger partial charge on any atom is -0.466 e. The van der Waals surface area contributed by atoms with Crippen molar-refractivity contribution in [3.8, 4) is 0 Å². The van der Waals surface area contributed by atoms with Crippen LogP contribution < -0.4 is 5.32 Å². The molecule has 63 heavy (non-hydrogen) atoms. The van der Waals surface area contributed by atoms with Gasteiger partial charge >= 0.3 is 5.97 Å². The van der Waals surface area contributed by atoms with Gasteiger partial charge in [0, 0.05) is 12.8 Å². The number of aliphatic hydroxyl groups excluding tert-OH is 2. The van der Waals surface area contributed by atoms with Crippen molar-refractivity contribution >= 4 is 11.9 Å². The molecule has 2 atom stereocenters. The number of amides is 1. The van der Waals surface area contributed by atoms with Gasteiger partial charge in [-0.05, 0) is 25.7 Å². The monoisotopic (exact) mass is 892 g/mol. The summed E-state index contributed by atoms with van der Waals surface area (Å²) in [7, 11) is 0. The SMILES string of the molecule is CCCCCCCCCCCCCCCCCCCCCCCC(O)C(CO)NC(=O)CCCCCCCCCCCCCCCCOC(=O)CCCCCCCCCCCCC. The number of ether oxygens (including phenoxy) is 1. The molecule has 0 rings (SSSR count). The van der Waals surface area contributed by atoms with Crippen molar-refractivity contribution in [3.63, 3.8) is 0 Å². The first-order chi connectivity index (χ1) is 31.0. The number of aliphatic hydroxyl groups is 2. The van der Waals surface area contributed by atoms with Crippen molar-refractivity contribution in [2.75, 3.05) is 13.2 Å². The Morgan fingerprint density at radius 3 is 0.968 bits per heavy atom. The zero-order valence-electron chi connectivity index (χ0n) is 42.8. The molecule has 0 saturated heterocycles. The quantitative estimate of drug-likeness (QED) is 0.0418. The predicted octanol–water partition coefficient (Wildman–Crippen LogP) is 17.5. The Hall–Kier alpha value is -1.14. The summed E-state index contributed by atoms with van der Waals surface area (Å²) in [6.07, 6.45) is 60.9. The maximum Gasteiger partial charge on any atom is 0.305 e.